The van der Waals surface area contributed by atoms with Crippen LogP contribution in [0.2, 0.25) is 0 Å². The van der Waals surface area contributed by atoms with Crippen molar-refractivity contribution < 1.29 is 4.79 Å². The van der Waals surface area contributed by atoms with Gasteiger partial charge in [0.2, 0.25) is 0 Å². The Bertz CT molecular complexity index is 307. The highest BCUT2D eigenvalue weighted by Crippen LogP contribution is 1.98. The molecule has 15 heavy (non-hydrogen) atoms. The summed E-state index contributed by atoms with van der Waals surface area (Å²) in [6.07, 6.45) is 2.83. The third-order valence-corrected chi connectivity index (χ3v) is 2.24. The van der Waals surface area contributed by atoms with E-state index >= 15 is 0 Å². The lowest BCUT2D eigenvalue weighted by Gasteiger charge is -2.06. The first-order valence-electron chi connectivity index (χ1n) is 5.36. The van der Waals surface area contributed by atoms with Gasteiger partial charge < -0.3 is 15.2 Å². The van der Waals surface area contributed by atoms with E-state index in [1.165, 1.54) is 0 Å². The number of aromatic nitrogens is 1. The Labute approximate surface area is 90.7 Å². The number of nitrogens with zero attached hydrogens (tertiary/aromatic N) is 1. The van der Waals surface area contributed by atoms with E-state index in [4.69, 9.17) is 0 Å². The maximum atomic E-state index is 11.6. The van der Waals surface area contributed by atoms with Crippen LogP contribution in [0.3, 0.4) is 0 Å². The van der Waals surface area contributed by atoms with Gasteiger partial charge in [-0.3, -0.25) is 4.79 Å². The number of nitrogens with one attached hydrogen (secondary N) is 2. The standard InChI is InChI=1S/C11H19N3O/c1-3-12-7-5-8-13-11(15)10-6-4-9-14(10)2/h4,6,9,12H,3,5,7-8H2,1-2H3,(H,13,15). The Morgan fingerprint density at radius 2 is 2.27 bits per heavy atom. The molecule has 0 aliphatic rings. The summed E-state index contributed by atoms with van der Waals surface area (Å²) in [5, 5.41) is 6.10. The highest BCUT2D eigenvalue weighted by Gasteiger charge is 2.06. The normalized spacial score (nSPS) is 10.3. The van der Waals surface area contributed by atoms with E-state index in [2.05, 4.69) is 17.6 Å². The van der Waals surface area contributed by atoms with Gasteiger partial charge in [0, 0.05) is 19.8 Å². The first-order chi connectivity index (χ1) is 7.25. The zero-order chi connectivity index (χ0) is 11.1. The van der Waals surface area contributed by atoms with E-state index in [0.717, 1.165) is 26.1 Å². The molecule has 0 saturated heterocycles. The molecule has 1 aromatic heterocycles. The van der Waals surface area contributed by atoms with E-state index in [1.807, 2.05) is 29.9 Å². The van der Waals surface area contributed by atoms with Crippen LogP contribution in [0.1, 0.15) is 23.8 Å². The molecular weight excluding hydrogens is 190 g/mol. The van der Waals surface area contributed by atoms with Gasteiger partial charge in [-0.2, -0.15) is 0 Å². The number of amides is 1. The smallest absolute Gasteiger partial charge is 0.267 e. The number of carbonyl (C=O) groups excluding carboxylic acids is 1. The van der Waals surface area contributed by atoms with Gasteiger partial charge in [0.25, 0.3) is 5.91 Å². The summed E-state index contributed by atoms with van der Waals surface area (Å²) in [5.41, 5.74) is 0.707. The van der Waals surface area contributed by atoms with E-state index in [9.17, 15) is 4.79 Å². The molecule has 1 aromatic rings. The molecule has 0 aliphatic carbocycles. The largest absolute Gasteiger partial charge is 0.351 e. The van der Waals surface area contributed by atoms with E-state index in [0.29, 0.717) is 5.69 Å². The number of carbonyl (C=O) groups is 1. The number of aryl methyl sites for hydroxylation is 1. The second kappa shape index (κ2) is 6.24. The van der Waals surface area contributed by atoms with Crippen LogP contribution in [0.25, 0.3) is 0 Å². The minimum atomic E-state index is -0.000927. The van der Waals surface area contributed by atoms with Crippen molar-refractivity contribution in [3.8, 4) is 0 Å². The van der Waals surface area contributed by atoms with Gasteiger partial charge >= 0.3 is 0 Å². The molecular formula is C11H19N3O. The minimum absolute atomic E-state index is 0.000927. The zero-order valence-electron chi connectivity index (χ0n) is 9.42. The molecule has 0 fully saturated rings. The molecule has 0 aliphatic heterocycles. The van der Waals surface area contributed by atoms with Crippen LogP contribution in [0.4, 0.5) is 0 Å². The molecule has 1 rings (SSSR count). The number of rotatable bonds is 6. The molecule has 1 heterocycles. The average Bonchev–Trinajstić information content (AvgIpc) is 2.64. The molecule has 4 heteroatoms. The third kappa shape index (κ3) is 3.75. The summed E-state index contributed by atoms with van der Waals surface area (Å²) in [5.74, 6) is -0.000927. The molecule has 84 valence electrons. The monoisotopic (exact) mass is 209 g/mol. The quantitative estimate of drug-likeness (QED) is 0.679. The summed E-state index contributed by atoms with van der Waals surface area (Å²) < 4.78 is 1.82. The molecule has 0 aromatic carbocycles. The van der Waals surface area contributed by atoms with Crippen molar-refractivity contribution in [2.45, 2.75) is 13.3 Å². The molecule has 1 amide bonds. The van der Waals surface area contributed by atoms with Crippen molar-refractivity contribution in [2.24, 2.45) is 7.05 Å². The fraction of sp³-hybridized carbons (Fsp3) is 0.545. The first-order valence-corrected chi connectivity index (χ1v) is 5.36. The summed E-state index contributed by atoms with van der Waals surface area (Å²) in [6.45, 7) is 4.72. The van der Waals surface area contributed by atoms with Crippen LogP contribution in [-0.4, -0.2) is 30.1 Å². The molecule has 0 radical (unpaired) electrons. The second-order valence-corrected chi connectivity index (χ2v) is 3.47. The van der Waals surface area contributed by atoms with Crippen molar-refractivity contribution in [1.29, 1.82) is 0 Å². The Morgan fingerprint density at radius 1 is 1.47 bits per heavy atom. The van der Waals surface area contributed by atoms with Gasteiger partial charge in [-0.15, -0.1) is 0 Å². The predicted octanol–water partition coefficient (Wildman–Crippen LogP) is 0.754. The van der Waals surface area contributed by atoms with Crippen LogP contribution in [0.15, 0.2) is 18.3 Å². The van der Waals surface area contributed by atoms with Crippen molar-refractivity contribution in [1.82, 2.24) is 15.2 Å². The molecule has 0 atom stereocenters. The summed E-state index contributed by atoms with van der Waals surface area (Å²) in [7, 11) is 1.87. The minimum Gasteiger partial charge on any atom is -0.351 e. The highest BCUT2D eigenvalue weighted by molar-refractivity contribution is 5.92. The van der Waals surface area contributed by atoms with Gasteiger partial charge in [-0.25, -0.2) is 0 Å². The molecule has 0 bridgehead atoms. The van der Waals surface area contributed by atoms with E-state index in [-0.39, 0.29) is 5.91 Å². The predicted molar refractivity (Wildman–Crippen MR) is 60.9 cm³/mol. The first kappa shape index (κ1) is 11.8. The van der Waals surface area contributed by atoms with Gasteiger partial charge in [-0.1, -0.05) is 6.92 Å². The molecule has 2 N–H and O–H groups in total. The number of hydrogen-bond donors (Lipinski definition) is 2. The highest BCUT2D eigenvalue weighted by atomic mass is 16.1. The number of hydrogen-bond acceptors (Lipinski definition) is 2. The van der Waals surface area contributed by atoms with E-state index in [1.54, 1.807) is 0 Å². The van der Waals surface area contributed by atoms with Gasteiger partial charge in [0.05, 0.1) is 0 Å². The average molecular weight is 209 g/mol. The van der Waals surface area contributed by atoms with Crippen molar-refractivity contribution >= 4 is 5.91 Å². The van der Waals surface area contributed by atoms with Gasteiger partial charge in [-0.05, 0) is 31.6 Å². The van der Waals surface area contributed by atoms with Crippen LogP contribution < -0.4 is 10.6 Å². The van der Waals surface area contributed by atoms with Gasteiger partial charge in [0.15, 0.2) is 0 Å². The summed E-state index contributed by atoms with van der Waals surface area (Å²) in [6, 6.07) is 3.69. The summed E-state index contributed by atoms with van der Waals surface area (Å²) >= 11 is 0. The van der Waals surface area contributed by atoms with Crippen LogP contribution >= 0.6 is 0 Å². The van der Waals surface area contributed by atoms with E-state index < -0.39 is 0 Å². The van der Waals surface area contributed by atoms with Crippen LogP contribution in [0.5, 0.6) is 0 Å². The fourth-order valence-corrected chi connectivity index (χ4v) is 1.38. The Hall–Kier alpha value is -1.29. The Balaban J connectivity index is 2.22. The zero-order valence-corrected chi connectivity index (χ0v) is 9.42. The second-order valence-electron chi connectivity index (χ2n) is 3.47. The molecule has 0 saturated carbocycles. The third-order valence-electron chi connectivity index (χ3n) is 2.24. The SMILES string of the molecule is CCNCCCNC(=O)c1cccn1C. The lowest BCUT2D eigenvalue weighted by atomic mass is 10.3. The topological polar surface area (TPSA) is 46.1 Å². The lowest BCUT2D eigenvalue weighted by Crippen LogP contribution is -2.28. The van der Waals surface area contributed by atoms with Crippen molar-refractivity contribution in [3.63, 3.8) is 0 Å². The summed E-state index contributed by atoms with van der Waals surface area (Å²) in [4.78, 5) is 11.6. The fourth-order valence-electron chi connectivity index (χ4n) is 1.38. The Morgan fingerprint density at radius 3 is 2.87 bits per heavy atom. The lowest BCUT2D eigenvalue weighted by molar-refractivity contribution is 0.0945. The molecule has 0 unspecified atom stereocenters. The van der Waals surface area contributed by atoms with Crippen molar-refractivity contribution in [3.05, 3.63) is 24.0 Å². The molecule has 0 spiro atoms. The van der Waals surface area contributed by atoms with Crippen LogP contribution in [0, 0.1) is 0 Å². The van der Waals surface area contributed by atoms with Gasteiger partial charge in [0.1, 0.15) is 5.69 Å². The Kier molecular flexibility index (Phi) is 4.90. The maximum Gasteiger partial charge on any atom is 0.267 e. The van der Waals surface area contributed by atoms with Crippen LogP contribution in [-0.2, 0) is 7.05 Å². The molecule has 4 nitrogen and oxygen atoms in total. The maximum absolute atomic E-state index is 11.6. The van der Waals surface area contributed by atoms with Crippen molar-refractivity contribution in [2.75, 3.05) is 19.6 Å².